The number of anilines is 1. The van der Waals surface area contributed by atoms with E-state index < -0.39 is 23.6 Å². The van der Waals surface area contributed by atoms with Gasteiger partial charge in [0.1, 0.15) is 18.2 Å². The lowest BCUT2D eigenvalue weighted by Gasteiger charge is -2.29. The minimum atomic E-state index is -4.38. The fourth-order valence-corrected chi connectivity index (χ4v) is 3.79. The average Bonchev–Trinajstić information content (AvgIpc) is 2.66. The number of rotatable bonds is 2. The van der Waals surface area contributed by atoms with E-state index in [0.29, 0.717) is 33.1 Å². The molecule has 29 heavy (non-hydrogen) atoms. The summed E-state index contributed by atoms with van der Waals surface area (Å²) in [5.74, 6) is 0.129. The first-order chi connectivity index (χ1) is 13.7. The average molecular weight is 422 g/mol. The predicted molar refractivity (Wildman–Crippen MR) is 105 cm³/mol. The van der Waals surface area contributed by atoms with Crippen molar-refractivity contribution in [2.24, 2.45) is 0 Å². The van der Waals surface area contributed by atoms with Crippen LogP contribution in [-0.4, -0.2) is 6.61 Å². The molecular formula is C22H16ClF4NO. The molecule has 150 valence electrons. The van der Waals surface area contributed by atoms with E-state index in [0.717, 1.165) is 17.7 Å². The molecule has 1 unspecified atom stereocenters. The summed E-state index contributed by atoms with van der Waals surface area (Å²) in [5, 5.41) is 3.53. The van der Waals surface area contributed by atoms with Gasteiger partial charge >= 0.3 is 6.18 Å². The van der Waals surface area contributed by atoms with Gasteiger partial charge < -0.3 is 10.1 Å². The van der Waals surface area contributed by atoms with Crippen LogP contribution in [0.5, 0.6) is 5.75 Å². The van der Waals surface area contributed by atoms with Gasteiger partial charge in [-0.1, -0.05) is 29.8 Å². The zero-order valence-corrected chi connectivity index (χ0v) is 16.0. The molecule has 0 amide bonds. The van der Waals surface area contributed by atoms with E-state index in [1.54, 1.807) is 31.2 Å². The highest BCUT2D eigenvalue weighted by atomic mass is 35.5. The smallest absolute Gasteiger partial charge is 0.416 e. The van der Waals surface area contributed by atoms with Crippen LogP contribution in [0.25, 0.3) is 11.1 Å². The Bertz CT molecular complexity index is 1060. The van der Waals surface area contributed by atoms with Crippen LogP contribution >= 0.6 is 11.6 Å². The summed E-state index contributed by atoms with van der Waals surface area (Å²) >= 11 is 6.14. The highest BCUT2D eigenvalue weighted by Crippen LogP contribution is 2.40. The van der Waals surface area contributed by atoms with Gasteiger partial charge in [-0.3, -0.25) is 0 Å². The van der Waals surface area contributed by atoms with Crippen LogP contribution in [0.1, 0.15) is 22.7 Å². The fourth-order valence-electron chi connectivity index (χ4n) is 3.49. The van der Waals surface area contributed by atoms with Crippen LogP contribution in [0.15, 0.2) is 54.6 Å². The summed E-state index contributed by atoms with van der Waals surface area (Å²) < 4.78 is 58.7. The van der Waals surface area contributed by atoms with Crippen LogP contribution in [0, 0.1) is 12.7 Å². The van der Waals surface area contributed by atoms with Gasteiger partial charge in [0.05, 0.1) is 17.3 Å². The summed E-state index contributed by atoms with van der Waals surface area (Å²) in [4.78, 5) is 0. The SMILES string of the molecule is Cc1cc(C(F)(F)F)ccc1-c1ccc2c(c1)OCC(c1c(F)cccc1Cl)N2. The van der Waals surface area contributed by atoms with Crippen molar-refractivity contribution in [3.63, 3.8) is 0 Å². The highest BCUT2D eigenvalue weighted by Gasteiger charge is 2.31. The largest absolute Gasteiger partial charge is 0.489 e. The monoisotopic (exact) mass is 421 g/mol. The minimum Gasteiger partial charge on any atom is -0.489 e. The molecule has 3 aromatic rings. The molecule has 0 saturated carbocycles. The molecular weight excluding hydrogens is 406 g/mol. The third kappa shape index (κ3) is 3.77. The molecule has 4 rings (SSSR count). The Labute approximate surface area is 170 Å². The van der Waals surface area contributed by atoms with Gasteiger partial charge in [-0.15, -0.1) is 0 Å². The van der Waals surface area contributed by atoms with Crippen LogP contribution in [0.3, 0.4) is 0 Å². The van der Waals surface area contributed by atoms with Crippen molar-refractivity contribution in [1.82, 2.24) is 0 Å². The van der Waals surface area contributed by atoms with Crippen molar-refractivity contribution in [2.45, 2.75) is 19.1 Å². The molecule has 1 aliphatic rings. The second-order valence-electron chi connectivity index (χ2n) is 6.88. The zero-order chi connectivity index (χ0) is 20.8. The maximum atomic E-state index is 14.2. The Morgan fingerprint density at radius 3 is 2.55 bits per heavy atom. The van der Waals surface area contributed by atoms with Crippen molar-refractivity contribution in [3.8, 4) is 16.9 Å². The molecule has 0 fully saturated rings. The van der Waals surface area contributed by atoms with Crippen molar-refractivity contribution < 1.29 is 22.3 Å². The van der Waals surface area contributed by atoms with Gasteiger partial charge in [0.25, 0.3) is 0 Å². The molecule has 0 aliphatic carbocycles. The number of hydrogen-bond donors (Lipinski definition) is 1. The van der Waals surface area contributed by atoms with E-state index in [2.05, 4.69) is 5.32 Å². The van der Waals surface area contributed by atoms with Crippen molar-refractivity contribution in [1.29, 1.82) is 0 Å². The Balaban J connectivity index is 1.63. The lowest BCUT2D eigenvalue weighted by molar-refractivity contribution is -0.137. The third-order valence-corrected chi connectivity index (χ3v) is 5.26. The number of aryl methyl sites for hydroxylation is 1. The second kappa shape index (κ2) is 7.26. The quantitative estimate of drug-likeness (QED) is 0.449. The molecule has 0 spiro atoms. The Morgan fingerprint density at radius 2 is 1.86 bits per heavy atom. The standard InChI is InChI=1S/C22H16ClF4NO/c1-12-9-14(22(25,26)27)6-7-15(12)13-5-8-18-20(10-13)29-11-19(28-18)21-16(23)3-2-4-17(21)24/h2-10,19,28H,11H2,1H3. The van der Waals surface area contributed by atoms with Crippen LogP contribution in [-0.2, 0) is 6.18 Å². The molecule has 1 N–H and O–H groups in total. The molecule has 0 bridgehead atoms. The molecule has 1 atom stereocenters. The van der Waals surface area contributed by atoms with E-state index in [1.807, 2.05) is 0 Å². The minimum absolute atomic E-state index is 0.170. The predicted octanol–water partition coefficient (Wildman–Crippen LogP) is 7.02. The summed E-state index contributed by atoms with van der Waals surface area (Å²) in [7, 11) is 0. The molecule has 1 aliphatic heterocycles. The molecule has 0 radical (unpaired) electrons. The molecule has 0 saturated heterocycles. The van der Waals surface area contributed by atoms with Crippen LogP contribution in [0.2, 0.25) is 5.02 Å². The van der Waals surface area contributed by atoms with Crippen molar-refractivity contribution in [3.05, 3.63) is 82.1 Å². The topological polar surface area (TPSA) is 21.3 Å². The maximum Gasteiger partial charge on any atom is 0.416 e. The first-order valence-corrected chi connectivity index (χ1v) is 9.27. The van der Waals surface area contributed by atoms with Crippen LogP contribution < -0.4 is 10.1 Å². The van der Waals surface area contributed by atoms with Crippen molar-refractivity contribution >= 4 is 17.3 Å². The van der Waals surface area contributed by atoms with E-state index >= 15 is 0 Å². The van der Waals surface area contributed by atoms with Gasteiger partial charge in [0.2, 0.25) is 0 Å². The molecule has 0 aromatic heterocycles. The summed E-state index contributed by atoms with van der Waals surface area (Å²) in [5.41, 5.74) is 2.25. The number of benzene rings is 3. The normalized spacial score (nSPS) is 16.0. The molecule has 1 heterocycles. The van der Waals surface area contributed by atoms with E-state index in [1.165, 1.54) is 18.2 Å². The second-order valence-corrected chi connectivity index (χ2v) is 7.29. The number of ether oxygens (including phenoxy) is 1. The Kier molecular flexibility index (Phi) is 4.90. The number of alkyl halides is 3. The number of nitrogens with one attached hydrogen (secondary N) is 1. The first kappa shape index (κ1) is 19.6. The van der Waals surface area contributed by atoms with Gasteiger partial charge in [0.15, 0.2) is 0 Å². The maximum absolute atomic E-state index is 14.2. The van der Waals surface area contributed by atoms with Gasteiger partial charge in [-0.25, -0.2) is 4.39 Å². The Morgan fingerprint density at radius 1 is 1.07 bits per heavy atom. The van der Waals surface area contributed by atoms with Gasteiger partial charge in [0, 0.05) is 10.6 Å². The van der Waals surface area contributed by atoms with E-state index in [-0.39, 0.29) is 6.61 Å². The fraction of sp³-hybridized carbons (Fsp3) is 0.182. The molecule has 7 heteroatoms. The number of fused-ring (bicyclic) bond motifs is 1. The third-order valence-electron chi connectivity index (χ3n) is 4.93. The lowest BCUT2D eigenvalue weighted by atomic mass is 9.97. The highest BCUT2D eigenvalue weighted by molar-refractivity contribution is 6.31. The zero-order valence-electron chi connectivity index (χ0n) is 15.3. The number of hydrogen-bond acceptors (Lipinski definition) is 2. The van der Waals surface area contributed by atoms with E-state index in [4.69, 9.17) is 16.3 Å². The van der Waals surface area contributed by atoms with Gasteiger partial charge in [-0.2, -0.15) is 13.2 Å². The Hall–Kier alpha value is -2.73. The summed E-state index contributed by atoms with van der Waals surface area (Å²) in [6.07, 6.45) is -4.38. The number of halogens is 5. The summed E-state index contributed by atoms with van der Waals surface area (Å²) in [6.45, 7) is 1.81. The van der Waals surface area contributed by atoms with Gasteiger partial charge in [-0.05, 0) is 60.0 Å². The van der Waals surface area contributed by atoms with Crippen molar-refractivity contribution in [2.75, 3.05) is 11.9 Å². The molecule has 2 nitrogen and oxygen atoms in total. The lowest BCUT2D eigenvalue weighted by Crippen LogP contribution is -2.25. The van der Waals surface area contributed by atoms with E-state index in [9.17, 15) is 17.6 Å². The van der Waals surface area contributed by atoms with Crippen LogP contribution in [0.4, 0.5) is 23.2 Å². The first-order valence-electron chi connectivity index (χ1n) is 8.89. The summed E-state index contributed by atoms with van der Waals surface area (Å²) in [6, 6.07) is 13.0. The molecule has 3 aromatic carbocycles.